The average Bonchev–Trinajstić information content (AvgIpc) is 2.80. The van der Waals surface area contributed by atoms with E-state index in [0.717, 1.165) is 11.3 Å². The number of hydrogen-bond acceptors (Lipinski definition) is 4. The highest BCUT2D eigenvalue weighted by Crippen LogP contribution is 2.21. The van der Waals surface area contributed by atoms with Gasteiger partial charge in [-0.15, -0.1) is 11.3 Å². The topological polar surface area (TPSA) is 42.1 Å². The van der Waals surface area contributed by atoms with Crippen molar-refractivity contribution in [1.29, 1.82) is 0 Å². The summed E-state index contributed by atoms with van der Waals surface area (Å²) in [5.74, 6) is -0.212. The van der Waals surface area contributed by atoms with Crippen molar-refractivity contribution in [3.63, 3.8) is 0 Å². The van der Waals surface area contributed by atoms with Crippen LogP contribution in [0.5, 0.6) is 0 Å². The molecule has 0 aliphatic heterocycles. The van der Waals surface area contributed by atoms with E-state index in [0.29, 0.717) is 18.7 Å². The first-order chi connectivity index (χ1) is 9.06. The Labute approximate surface area is 116 Å². The van der Waals surface area contributed by atoms with Gasteiger partial charge in [0.1, 0.15) is 5.82 Å². The van der Waals surface area contributed by atoms with Crippen molar-refractivity contribution in [3.8, 4) is 0 Å². The molecule has 0 aliphatic rings. The summed E-state index contributed by atoms with van der Waals surface area (Å²) < 4.78 is 14.1. The van der Waals surface area contributed by atoms with Crippen LogP contribution in [0.1, 0.15) is 18.2 Å². The van der Waals surface area contributed by atoms with Crippen LogP contribution in [0.2, 0.25) is 0 Å². The Bertz CT molecular complexity index is 525. The Morgan fingerprint density at radius 2 is 2.26 bits per heavy atom. The standard InChI is InChI=1S/C14H18FN3S/c1-10(16)5-11-3-4-14(13(15)6-11)18(2)7-12-8-19-9-17-12/h3-4,6,8-10H,5,7,16H2,1-2H3. The van der Waals surface area contributed by atoms with E-state index in [1.807, 2.05) is 30.3 Å². The summed E-state index contributed by atoms with van der Waals surface area (Å²) in [4.78, 5) is 6.07. The van der Waals surface area contributed by atoms with E-state index in [9.17, 15) is 4.39 Å². The molecular weight excluding hydrogens is 261 g/mol. The number of aromatic nitrogens is 1. The lowest BCUT2D eigenvalue weighted by Gasteiger charge is -2.19. The maximum absolute atomic E-state index is 14.1. The van der Waals surface area contributed by atoms with Gasteiger partial charge in [-0.3, -0.25) is 0 Å². The van der Waals surface area contributed by atoms with Crippen LogP contribution in [0.4, 0.5) is 10.1 Å². The second-order valence-electron chi connectivity index (χ2n) is 4.80. The summed E-state index contributed by atoms with van der Waals surface area (Å²) in [6.07, 6.45) is 0.688. The molecule has 2 N–H and O–H groups in total. The first kappa shape index (κ1) is 14.0. The molecule has 1 heterocycles. The minimum Gasteiger partial charge on any atom is -0.366 e. The maximum Gasteiger partial charge on any atom is 0.146 e. The lowest BCUT2D eigenvalue weighted by Crippen LogP contribution is -2.19. The fraction of sp³-hybridized carbons (Fsp3) is 0.357. The number of halogens is 1. The van der Waals surface area contributed by atoms with Crippen LogP contribution in [-0.2, 0) is 13.0 Å². The van der Waals surface area contributed by atoms with Gasteiger partial charge in [0.05, 0.1) is 23.4 Å². The van der Waals surface area contributed by atoms with E-state index in [1.165, 1.54) is 0 Å². The molecule has 0 saturated heterocycles. The second-order valence-corrected chi connectivity index (χ2v) is 5.52. The summed E-state index contributed by atoms with van der Waals surface area (Å²) in [5, 5.41) is 1.97. The maximum atomic E-state index is 14.1. The highest BCUT2D eigenvalue weighted by Gasteiger charge is 2.10. The van der Waals surface area contributed by atoms with Gasteiger partial charge in [0.15, 0.2) is 0 Å². The zero-order valence-electron chi connectivity index (χ0n) is 11.1. The average molecular weight is 279 g/mol. The third-order valence-corrected chi connectivity index (χ3v) is 3.50. The fourth-order valence-corrected chi connectivity index (χ4v) is 2.55. The normalized spacial score (nSPS) is 12.4. The highest BCUT2D eigenvalue weighted by atomic mass is 32.1. The molecule has 0 amide bonds. The lowest BCUT2D eigenvalue weighted by atomic mass is 10.1. The van der Waals surface area contributed by atoms with Gasteiger partial charge in [0.25, 0.3) is 0 Å². The zero-order chi connectivity index (χ0) is 13.8. The predicted octanol–water partition coefficient (Wildman–Crippen LogP) is 2.81. The molecule has 2 rings (SSSR count). The molecule has 1 aromatic carbocycles. The molecule has 0 fully saturated rings. The number of thiazole rings is 1. The van der Waals surface area contributed by atoms with E-state index in [-0.39, 0.29) is 11.9 Å². The van der Waals surface area contributed by atoms with Crippen molar-refractivity contribution < 1.29 is 4.39 Å². The minimum atomic E-state index is -0.212. The van der Waals surface area contributed by atoms with Crippen LogP contribution in [0.3, 0.4) is 0 Å². The third-order valence-electron chi connectivity index (χ3n) is 2.86. The van der Waals surface area contributed by atoms with Gasteiger partial charge in [-0.2, -0.15) is 0 Å². The monoisotopic (exact) mass is 279 g/mol. The molecule has 5 heteroatoms. The SMILES string of the molecule is CC(N)Cc1ccc(N(C)Cc2cscn2)c(F)c1. The Balaban J connectivity index is 2.11. The highest BCUT2D eigenvalue weighted by molar-refractivity contribution is 7.07. The van der Waals surface area contributed by atoms with Gasteiger partial charge in [-0.25, -0.2) is 9.37 Å². The van der Waals surface area contributed by atoms with Crippen LogP contribution < -0.4 is 10.6 Å². The molecule has 0 spiro atoms. The summed E-state index contributed by atoms with van der Waals surface area (Å²) >= 11 is 1.54. The van der Waals surface area contributed by atoms with Crippen LogP contribution in [-0.4, -0.2) is 18.1 Å². The van der Waals surface area contributed by atoms with Crippen LogP contribution in [0, 0.1) is 5.82 Å². The Morgan fingerprint density at radius 1 is 1.47 bits per heavy atom. The molecule has 0 saturated carbocycles. The van der Waals surface area contributed by atoms with E-state index in [2.05, 4.69) is 4.98 Å². The molecule has 0 aliphatic carbocycles. The minimum absolute atomic E-state index is 0.0398. The molecule has 0 bridgehead atoms. The molecule has 3 nitrogen and oxygen atoms in total. The largest absolute Gasteiger partial charge is 0.366 e. The number of benzene rings is 1. The molecule has 1 atom stereocenters. The van der Waals surface area contributed by atoms with Gasteiger partial charge in [0.2, 0.25) is 0 Å². The Kier molecular flexibility index (Phi) is 4.50. The van der Waals surface area contributed by atoms with Crippen molar-refractivity contribution in [2.24, 2.45) is 5.73 Å². The van der Waals surface area contributed by atoms with Crippen molar-refractivity contribution in [2.75, 3.05) is 11.9 Å². The van der Waals surface area contributed by atoms with Crippen LogP contribution in [0.25, 0.3) is 0 Å². The van der Waals surface area contributed by atoms with E-state index in [1.54, 1.807) is 29.0 Å². The van der Waals surface area contributed by atoms with Crippen LogP contribution in [0.15, 0.2) is 29.1 Å². The van der Waals surface area contributed by atoms with Crippen molar-refractivity contribution >= 4 is 17.0 Å². The molecular formula is C14H18FN3S. The molecule has 2 aromatic rings. The lowest BCUT2D eigenvalue weighted by molar-refractivity contribution is 0.617. The Hall–Kier alpha value is -1.46. The predicted molar refractivity (Wildman–Crippen MR) is 78.0 cm³/mol. The first-order valence-electron chi connectivity index (χ1n) is 6.18. The number of hydrogen-bond donors (Lipinski definition) is 1. The quantitative estimate of drug-likeness (QED) is 0.915. The zero-order valence-corrected chi connectivity index (χ0v) is 12.0. The van der Waals surface area contributed by atoms with E-state index in [4.69, 9.17) is 5.73 Å². The van der Waals surface area contributed by atoms with Gasteiger partial charge >= 0.3 is 0 Å². The van der Waals surface area contributed by atoms with Crippen LogP contribution >= 0.6 is 11.3 Å². The molecule has 1 unspecified atom stereocenters. The molecule has 0 radical (unpaired) electrons. The van der Waals surface area contributed by atoms with Crippen molar-refractivity contribution in [2.45, 2.75) is 25.9 Å². The van der Waals surface area contributed by atoms with E-state index >= 15 is 0 Å². The van der Waals surface area contributed by atoms with E-state index < -0.39 is 0 Å². The summed E-state index contributed by atoms with van der Waals surface area (Å²) in [6, 6.07) is 5.34. The molecule has 102 valence electrons. The fourth-order valence-electron chi connectivity index (χ4n) is 2.00. The van der Waals surface area contributed by atoms with Gasteiger partial charge in [-0.05, 0) is 31.0 Å². The second kappa shape index (κ2) is 6.12. The summed E-state index contributed by atoms with van der Waals surface area (Å²) in [6.45, 7) is 2.52. The number of anilines is 1. The number of rotatable bonds is 5. The summed E-state index contributed by atoms with van der Waals surface area (Å²) in [7, 11) is 1.86. The number of nitrogens with two attached hydrogens (primary N) is 1. The molecule has 19 heavy (non-hydrogen) atoms. The van der Waals surface area contributed by atoms with Gasteiger partial charge in [0, 0.05) is 18.5 Å². The summed E-state index contributed by atoms with van der Waals surface area (Å²) in [5.41, 5.74) is 9.97. The number of nitrogens with zero attached hydrogens (tertiary/aromatic N) is 2. The smallest absolute Gasteiger partial charge is 0.146 e. The van der Waals surface area contributed by atoms with Gasteiger partial charge in [-0.1, -0.05) is 6.07 Å². The van der Waals surface area contributed by atoms with Crippen molar-refractivity contribution in [1.82, 2.24) is 4.98 Å². The van der Waals surface area contributed by atoms with Crippen molar-refractivity contribution in [3.05, 3.63) is 46.2 Å². The Morgan fingerprint density at radius 3 is 2.84 bits per heavy atom. The molecule has 1 aromatic heterocycles. The third kappa shape index (κ3) is 3.75. The first-order valence-corrected chi connectivity index (χ1v) is 7.12. The van der Waals surface area contributed by atoms with Gasteiger partial charge < -0.3 is 10.6 Å².